The summed E-state index contributed by atoms with van der Waals surface area (Å²) in [6.45, 7) is 3.46. The lowest BCUT2D eigenvalue weighted by molar-refractivity contribution is -0.150. The first-order chi connectivity index (χ1) is 10.6. The minimum absolute atomic E-state index is 0.0199. The van der Waals surface area contributed by atoms with Gasteiger partial charge in [0.15, 0.2) is 32.5 Å². The molecule has 0 N–H and O–H groups in total. The minimum Gasteiger partial charge on any atom is -0.467 e. The first-order valence-corrected chi connectivity index (χ1v) is 6.74. The van der Waals surface area contributed by atoms with Gasteiger partial charge in [-0.05, 0) is 26.0 Å². The Balaban J connectivity index is 2.58. The molecule has 7 nitrogen and oxygen atoms in total. The number of hydrogen-bond acceptors (Lipinski definition) is 7. The Kier molecular flexibility index (Phi) is 8.46. The summed E-state index contributed by atoms with van der Waals surface area (Å²) in [7, 11) is 3.06. The molecule has 2 unspecified atom stereocenters. The van der Waals surface area contributed by atoms with Crippen LogP contribution in [0.5, 0.6) is 11.5 Å². The quantitative estimate of drug-likeness (QED) is 0.458. The molecule has 0 spiro atoms. The number of benzene rings is 1. The van der Waals surface area contributed by atoms with Crippen LogP contribution in [-0.2, 0) is 18.9 Å². The molecule has 0 aliphatic carbocycles. The molecule has 1 aromatic rings. The third kappa shape index (κ3) is 6.40. The highest BCUT2D eigenvalue weighted by molar-refractivity contribution is 5.79. The topological polar surface area (TPSA) is 72.5 Å². The van der Waals surface area contributed by atoms with Gasteiger partial charge < -0.3 is 28.4 Å². The number of aldehydes is 1. The van der Waals surface area contributed by atoms with Crippen LogP contribution in [0.2, 0.25) is 0 Å². The molecule has 0 aromatic heterocycles. The van der Waals surface area contributed by atoms with Gasteiger partial charge in [-0.15, -0.1) is 0 Å². The Morgan fingerprint density at radius 3 is 2.14 bits per heavy atom. The lowest BCUT2D eigenvalue weighted by atomic mass is 10.2. The summed E-state index contributed by atoms with van der Waals surface area (Å²) < 4.78 is 31.1. The Labute approximate surface area is 130 Å². The minimum atomic E-state index is -0.400. The van der Waals surface area contributed by atoms with Gasteiger partial charge in [-0.2, -0.15) is 0 Å². The zero-order valence-corrected chi connectivity index (χ0v) is 13.2. The van der Waals surface area contributed by atoms with Crippen molar-refractivity contribution in [2.24, 2.45) is 0 Å². The van der Waals surface area contributed by atoms with Gasteiger partial charge in [0, 0.05) is 20.3 Å². The van der Waals surface area contributed by atoms with E-state index in [4.69, 9.17) is 28.4 Å². The average Bonchev–Trinajstić information content (AvgIpc) is 2.54. The Morgan fingerprint density at radius 1 is 1.00 bits per heavy atom. The second-order valence-corrected chi connectivity index (χ2v) is 4.28. The standard InChI is InChI=1S/C15H22O7/c1-11(17-3)19-9-21-14-6-5-13(8-16)15(7-14)22-10-20-12(2)18-4/h5-8,11-12H,9-10H2,1-4H3. The van der Waals surface area contributed by atoms with Gasteiger partial charge in [-0.1, -0.05) is 0 Å². The lowest BCUT2D eigenvalue weighted by Gasteiger charge is -2.15. The van der Waals surface area contributed by atoms with E-state index < -0.39 is 6.29 Å². The van der Waals surface area contributed by atoms with E-state index in [9.17, 15) is 4.79 Å². The van der Waals surface area contributed by atoms with Gasteiger partial charge in [0.05, 0.1) is 5.56 Å². The molecular formula is C15H22O7. The maximum absolute atomic E-state index is 11.0. The van der Waals surface area contributed by atoms with Crippen molar-refractivity contribution >= 4 is 6.29 Å². The first-order valence-electron chi connectivity index (χ1n) is 6.74. The largest absolute Gasteiger partial charge is 0.467 e. The van der Waals surface area contributed by atoms with E-state index >= 15 is 0 Å². The van der Waals surface area contributed by atoms with Crippen LogP contribution in [0.3, 0.4) is 0 Å². The zero-order chi connectivity index (χ0) is 16.4. The Morgan fingerprint density at radius 2 is 1.59 bits per heavy atom. The fourth-order valence-corrected chi connectivity index (χ4v) is 1.35. The smallest absolute Gasteiger partial charge is 0.191 e. The number of rotatable bonds is 11. The first kappa shape index (κ1) is 18.4. The van der Waals surface area contributed by atoms with Crippen molar-refractivity contribution in [2.45, 2.75) is 26.4 Å². The lowest BCUT2D eigenvalue weighted by Crippen LogP contribution is -2.15. The Bertz CT molecular complexity index is 450. The maximum atomic E-state index is 11.0. The summed E-state index contributed by atoms with van der Waals surface area (Å²) in [6, 6.07) is 4.83. The van der Waals surface area contributed by atoms with Crippen molar-refractivity contribution in [1.82, 2.24) is 0 Å². The van der Waals surface area contributed by atoms with Crippen LogP contribution in [0.1, 0.15) is 24.2 Å². The molecule has 124 valence electrons. The molecule has 0 heterocycles. The summed E-state index contributed by atoms with van der Waals surface area (Å²) in [5.74, 6) is 0.860. The van der Waals surface area contributed by atoms with Crippen molar-refractivity contribution in [2.75, 3.05) is 27.8 Å². The Hall–Kier alpha value is -1.67. The normalized spacial score (nSPS) is 13.5. The van der Waals surface area contributed by atoms with E-state index in [1.54, 1.807) is 32.0 Å². The second-order valence-electron chi connectivity index (χ2n) is 4.28. The summed E-state index contributed by atoms with van der Waals surface area (Å²) in [5.41, 5.74) is 0.396. The highest BCUT2D eigenvalue weighted by atomic mass is 16.7. The van der Waals surface area contributed by atoms with Crippen molar-refractivity contribution in [3.63, 3.8) is 0 Å². The van der Waals surface area contributed by atoms with Gasteiger partial charge in [-0.25, -0.2) is 0 Å². The highest BCUT2D eigenvalue weighted by Gasteiger charge is 2.08. The summed E-state index contributed by atoms with van der Waals surface area (Å²) in [5, 5.41) is 0. The molecule has 1 rings (SSSR count). The molecule has 2 atom stereocenters. The van der Waals surface area contributed by atoms with E-state index in [1.165, 1.54) is 14.2 Å². The molecular weight excluding hydrogens is 292 g/mol. The van der Waals surface area contributed by atoms with Crippen molar-refractivity contribution < 1.29 is 33.2 Å². The molecule has 0 aliphatic heterocycles. The molecule has 0 aliphatic rings. The molecule has 0 amide bonds. The summed E-state index contributed by atoms with van der Waals surface area (Å²) >= 11 is 0. The fourth-order valence-electron chi connectivity index (χ4n) is 1.35. The molecule has 0 saturated heterocycles. The van der Waals surface area contributed by atoms with E-state index in [1.807, 2.05) is 0 Å². The number of ether oxygens (including phenoxy) is 6. The maximum Gasteiger partial charge on any atom is 0.191 e. The van der Waals surface area contributed by atoms with Gasteiger partial charge in [0.2, 0.25) is 0 Å². The summed E-state index contributed by atoms with van der Waals surface area (Å²) in [4.78, 5) is 11.0. The predicted molar refractivity (Wildman–Crippen MR) is 77.9 cm³/mol. The molecule has 0 radical (unpaired) electrons. The van der Waals surface area contributed by atoms with E-state index in [0.29, 0.717) is 23.3 Å². The second kappa shape index (κ2) is 10.1. The van der Waals surface area contributed by atoms with Crippen LogP contribution in [0, 0.1) is 0 Å². The van der Waals surface area contributed by atoms with Crippen molar-refractivity contribution in [1.29, 1.82) is 0 Å². The molecule has 0 fully saturated rings. The van der Waals surface area contributed by atoms with Crippen molar-refractivity contribution in [3.8, 4) is 11.5 Å². The monoisotopic (exact) mass is 314 g/mol. The molecule has 7 heteroatoms. The number of carbonyl (C=O) groups excluding carboxylic acids is 1. The molecule has 1 aromatic carbocycles. The van der Waals surface area contributed by atoms with E-state index in [-0.39, 0.29) is 19.9 Å². The SMILES string of the molecule is COC(C)OCOc1ccc(C=O)c(OCOC(C)OC)c1. The van der Waals surface area contributed by atoms with Crippen LogP contribution in [0.25, 0.3) is 0 Å². The fraction of sp³-hybridized carbons (Fsp3) is 0.533. The summed E-state index contributed by atoms with van der Waals surface area (Å²) in [6.07, 6.45) is -0.0699. The van der Waals surface area contributed by atoms with Gasteiger partial charge in [0.25, 0.3) is 0 Å². The molecule has 0 bridgehead atoms. The van der Waals surface area contributed by atoms with Crippen LogP contribution >= 0.6 is 0 Å². The number of methoxy groups -OCH3 is 2. The highest BCUT2D eigenvalue weighted by Crippen LogP contribution is 2.24. The average molecular weight is 314 g/mol. The number of carbonyl (C=O) groups is 1. The van der Waals surface area contributed by atoms with Gasteiger partial charge >= 0.3 is 0 Å². The number of hydrogen-bond donors (Lipinski definition) is 0. The molecule has 22 heavy (non-hydrogen) atoms. The van der Waals surface area contributed by atoms with Crippen LogP contribution in [0.4, 0.5) is 0 Å². The van der Waals surface area contributed by atoms with Crippen LogP contribution in [-0.4, -0.2) is 46.7 Å². The van der Waals surface area contributed by atoms with Crippen LogP contribution < -0.4 is 9.47 Å². The van der Waals surface area contributed by atoms with Gasteiger partial charge in [0.1, 0.15) is 11.5 Å². The zero-order valence-electron chi connectivity index (χ0n) is 13.2. The predicted octanol–water partition coefficient (Wildman–Crippen LogP) is 2.19. The van der Waals surface area contributed by atoms with Crippen molar-refractivity contribution in [3.05, 3.63) is 23.8 Å². The van der Waals surface area contributed by atoms with E-state index in [2.05, 4.69) is 0 Å². The van der Waals surface area contributed by atoms with E-state index in [0.717, 1.165) is 0 Å². The molecule has 0 saturated carbocycles. The van der Waals surface area contributed by atoms with Crippen LogP contribution in [0.15, 0.2) is 18.2 Å². The third-order valence-electron chi connectivity index (χ3n) is 2.82. The van der Waals surface area contributed by atoms with Gasteiger partial charge in [-0.3, -0.25) is 4.79 Å². The third-order valence-corrected chi connectivity index (χ3v) is 2.82.